The Balaban J connectivity index is 1.41. The van der Waals surface area contributed by atoms with Crippen LogP contribution in [0.1, 0.15) is 49.4 Å². The van der Waals surface area contributed by atoms with Crippen molar-refractivity contribution in [2.75, 3.05) is 42.7 Å². The molecule has 2 amide bonds. The predicted octanol–water partition coefficient (Wildman–Crippen LogP) is 4.31. The molecule has 194 valence electrons. The number of aliphatic hydroxyl groups is 1. The first-order valence-corrected chi connectivity index (χ1v) is 14.3. The van der Waals surface area contributed by atoms with E-state index < -0.39 is 16.4 Å². The maximum absolute atomic E-state index is 12.9. The first-order valence-electron chi connectivity index (χ1n) is 12.4. The summed E-state index contributed by atoms with van der Waals surface area (Å²) in [5.41, 5.74) is 1.28. The van der Waals surface area contributed by atoms with Crippen molar-refractivity contribution in [3.8, 4) is 0 Å². The number of carbonyl (C=O) groups excluding carboxylic acids is 2. The number of benzene rings is 2. The fourth-order valence-electron chi connectivity index (χ4n) is 4.89. The van der Waals surface area contributed by atoms with Gasteiger partial charge in [-0.05, 0) is 74.9 Å². The SMILES string of the molecule is CS(=O)c1ccc(N2CCC(CC(=O)N3CCC(C)(O)CC3)CC2)c(NC(=O)c2cccc(Cl)c2)c1. The number of anilines is 2. The van der Waals surface area contributed by atoms with Crippen molar-refractivity contribution in [3.63, 3.8) is 0 Å². The molecule has 0 spiro atoms. The van der Waals surface area contributed by atoms with Crippen LogP contribution in [0.5, 0.6) is 0 Å². The predicted molar refractivity (Wildman–Crippen MR) is 144 cm³/mol. The fourth-order valence-corrected chi connectivity index (χ4v) is 5.62. The quantitative estimate of drug-likeness (QED) is 0.579. The maximum Gasteiger partial charge on any atom is 0.255 e. The monoisotopic (exact) mass is 531 g/mol. The third-order valence-electron chi connectivity index (χ3n) is 7.25. The molecule has 2 saturated heterocycles. The summed E-state index contributed by atoms with van der Waals surface area (Å²) >= 11 is 6.06. The van der Waals surface area contributed by atoms with Gasteiger partial charge < -0.3 is 20.2 Å². The highest BCUT2D eigenvalue weighted by Gasteiger charge is 2.31. The van der Waals surface area contributed by atoms with Crippen LogP contribution >= 0.6 is 11.6 Å². The number of amides is 2. The second-order valence-corrected chi connectivity index (χ2v) is 11.9. The van der Waals surface area contributed by atoms with E-state index >= 15 is 0 Å². The Bertz CT molecular complexity index is 1140. The van der Waals surface area contributed by atoms with Gasteiger partial charge in [0.2, 0.25) is 5.91 Å². The number of likely N-dealkylation sites (tertiary alicyclic amines) is 1. The van der Waals surface area contributed by atoms with Gasteiger partial charge in [-0.2, -0.15) is 0 Å². The standard InChI is InChI=1S/C27H34ClN3O4S/c1-27(34)10-14-31(15-11-27)25(32)16-19-8-12-30(13-9-19)24-7-6-22(36(2)35)18-23(24)29-26(33)20-4-3-5-21(28)17-20/h3-7,17-19,34H,8-16H2,1-2H3,(H,29,33). The van der Waals surface area contributed by atoms with Gasteiger partial charge in [-0.3, -0.25) is 13.8 Å². The number of halogens is 1. The van der Waals surface area contributed by atoms with Crippen molar-refractivity contribution < 1.29 is 18.9 Å². The minimum absolute atomic E-state index is 0.174. The molecule has 2 aliphatic heterocycles. The summed E-state index contributed by atoms with van der Waals surface area (Å²) in [4.78, 5) is 30.5. The van der Waals surface area contributed by atoms with Crippen molar-refractivity contribution in [1.82, 2.24) is 4.90 Å². The first-order chi connectivity index (χ1) is 17.1. The summed E-state index contributed by atoms with van der Waals surface area (Å²) in [5.74, 6) is 0.204. The highest BCUT2D eigenvalue weighted by Crippen LogP contribution is 2.33. The van der Waals surface area contributed by atoms with Gasteiger partial charge in [-0.1, -0.05) is 17.7 Å². The molecule has 2 aromatic carbocycles. The Morgan fingerprint density at radius 1 is 1.11 bits per heavy atom. The lowest BCUT2D eigenvalue weighted by atomic mass is 9.90. The van der Waals surface area contributed by atoms with Crippen molar-refractivity contribution in [3.05, 3.63) is 53.1 Å². The summed E-state index contributed by atoms with van der Waals surface area (Å²) < 4.78 is 12.1. The van der Waals surface area contributed by atoms with Gasteiger partial charge in [-0.25, -0.2) is 0 Å². The van der Waals surface area contributed by atoms with Gasteiger partial charge in [0.05, 0.1) is 17.0 Å². The molecular weight excluding hydrogens is 498 g/mol. The maximum atomic E-state index is 12.9. The van der Waals surface area contributed by atoms with Crippen molar-refractivity contribution in [2.45, 2.75) is 49.5 Å². The lowest BCUT2D eigenvalue weighted by Crippen LogP contribution is -2.46. The number of nitrogens with zero attached hydrogens (tertiary/aromatic N) is 2. The van der Waals surface area contributed by atoms with Crippen LogP contribution in [0, 0.1) is 5.92 Å². The van der Waals surface area contributed by atoms with Crippen molar-refractivity contribution in [1.29, 1.82) is 0 Å². The van der Waals surface area contributed by atoms with Crippen LogP contribution in [0.25, 0.3) is 0 Å². The molecule has 9 heteroatoms. The molecule has 2 N–H and O–H groups in total. The Kier molecular flexibility index (Phi) is 8.37. The van der Waals surface area contributed by atoms with Gasteiger partial charge in [0.25, 0.3) is 5.91 Å². The van der Waals surface area contributed by atoms with E-state index in [2.05, 4.69) is 10.2 Å². The van der Waals surface area contributed by atoms with E-state index in [1.54, 1.807) is 36.6 Å². The lowest BCUT2D eigenvalue weighted by Gasteiger charge is -2.38. The highest BCUT2D eigenvalue weighted by molar-refractivity contribution is 7.84. The summed E-state index contributed by atoms with van der Waals surface area (Å²) in [6.45, 7) is 4.60. The average Bonchev–Trinajstić information content (AvgIpc) is 2.84. The molecule has 0 saturated carbocycles. The molecule has 0 aliphatic carbocycles. The molecule has 7 nitrogen and oxygen atoms in total. The Morgan fingerprint density at radius 2 is 1.81 bits per heavy atom. The van der Waals surface area contributed by atoms with Crippen LogP contribution in [0.3, 0.4) is 0 Å². The van der Waals surface area contributed by atoms with E-state index in [4.69, 9.17) is 11.6 Å². The molecule has 2 heterocycles. The molecular formula is C27H34ClN3O4S. The minimum atomic E-state index is -1.18. The number of nitrogens with one attached hydrogen (secondary N) is 1. The van der Waals surface area contributed by atoms with Gasteiger partial charge in [0.1, 0.15) is 0 Å². The molecule has 4 rings (SSSR count). The van der Waals surface area contributed by atoms with E-state index in [0.717, 1.165) is 31.6 Å². The van der Waals surface area contributed by atoms with Crippen LogP contribution in [0.15, 0.2) is 47.4 Å². The molecule has 2 fully saturated rings. The van der Waals surface area contributed by atoms with E-state index in [9.17, 15) is 18.9 Å². The molecule has 0 radical (unpaired) electrons. The number of rotatable bonds is 6. The van der Waals surface area contributed by atoms with E-state index in [1.165, 1.54) is 0 Å². The average molecular weight is 532 g/mol. The zero-order chi connectivity index (χ0) is 25.9. The third kappa shape index (κ3) is 6.66. The fraction of sp³-hybridized carbons (Fsp3) is 0.481. The summed E-state index contributed by atoms with van der Waals surface area (Å²) in [6.07, 6.45) is 5.14. The molecule has 36 heavy (non-hydrogen) atoms. The molecule has 0 aromatic heterocycles. The second-order valence-electron chi connectivity index (χ2n) is 10.1. The topological polar surface area (TPSA) is 90.0 Å². The number of carbonyl (C=O) groups is 2. The zero-order valence-corrected chi connectivity index (χ0v) is 22.4. The summed E-state index contributed by atoms with van der Waals surface area (Å²) in [7, 11) is -1.18. The molecule has 2 aromatic rings. The second kappa shape index (κ2) is 11.3. The smallest absolute Gasteiger partial charge is 0.255 e. The van der Waals surface area contributed by atoms with E-state index in [-0.39, 0.29) is 11.8 Å². The van der Waals surface area contributed by atoms with Crippen LogP contribution in [-0.2, 0) is 15.6 Å². The van der Waals surface area contributed by atoms with Crippen LogP contribution in [-0.4, -0.2) is 64.1 Å². The molecule has 1 atom stereocenters. The van der Waals surface area contributed by atoms with Crippen LogP contribution < -0.4 is 10.2 Å². The molecule has 1 unspecified atom stereocenters. The third-order valence-corrected chi connectivity index (χ3v) is 8.40. The van der Waals surface area contributed by atoms with Crippen LogP contribution in [0.4, 0.5) is 11.4 Å². The van der Waals surface area contributed by atoms with E-state index in [0.29, 0.717) is 59.4 Å². The first kappa shape index (κ1) is 26.6. The lowest BCUT2D eigenvalue weighted by molar-refractivity contribution is -0.136. The Labute approximate surface area is 220 Å². The number of hydrogen-bond donors (Lipinski definition) is 2. The highest BCUT2D eigenvalue weighted by atomic mass is 35.5. The van der Waals surface area contributed by atoms with Gasteiger partial charge in [0, 0.05) is 65.1 Å². The van der Waals surface area contributed by atoms with Gasteiger partial charge >= 0.3 is 0 Å². The number of piperidine rings is 2. The Morgan fingerprint density at radius 3 is 2.44 bits per heavy atom. The van der Waals surface area contributed by atoms with Crippen LogP contribution in [0.2, 0.25) is 5.02 Å². The normalized spacial score (nSPS) is 19.1. The van der Waals surface area contributed by atoms with Gasteiger partial charge in [-0.15, -0.1) is 0 Å². The Hall–Kier alpha value is -2.42. The van der Waals surface area contributed by atoms with Crippen molar-refractivity contribution >= 4 is 45.6 Å². The molecule has 2 aliphatic rings. The minimum Gasteiger partial charge on any atom is -0.390 e. The summed E-state index contributed by atoms with van der Waals surface area (Å²) in [5, 5.41) is 13.6. The zero-order valence-electron chi connectivity index (χ0n) is 20.8. The largest absolute Gasteiger partial charge is 0.390 e. The van der Waals surface area contributed by atoms with E-state index in [1.807, 2.05) is 24.0 Å². The van der Waals surface area contributed by atoms with Gasteiger partial charge in [0.15, 0.2) is 0 Å². The van der Waals surface area contributed by atoms with Crippen molar-refractivity contribution in [2.24, 2.45) is 5.92 Å². The number of hydrogen-bond acceptors (Lipinski definition) is 5. The molecule has 0 bridgehead atoms. The summed E-state index contributed by atoms with van der Waals surface area (Å²) in [6, 6.07) is 12.3.